The molecule has 74 valence electrons. The Labute approximate surface area is 81.0 Å². The minimum atomic E-state index is 0.733. The normalized spacial score (nSPS) is 36.5. The lowest BCUT2D eigenvalue weighted by atomic mass is 10.00. The second-order valence-corrected chi connectivity index (χ2v) is 4.31. The Morgan fingerprint density at radius 1 is 1.54 bits per heavy atom. The van der Waals surface area contributed by atoms with Crippen LogP contribution in [0.15, 0.2) is 12.8 Å². The zero-order valence-electron chi connectivity index (χ0n) is 8.50. The minimum absolute atomic E-state index is 0.733. The van der Waals surface area contributed by atoms with Crippen molar-refractivity contribution in [2.45, 2.75) is 38.3 Å². The highest BCUT2D eigenvalue weighted by Crippen LogP contribution is 2.35. The maximum atomic E-state index is 3.83. The second-order valence-electron chi connectivity index (χ2n) is 4.31. The number of nitrogens with one attached hydrogen (secondary N) is 1. The summed E-state index contributed by atoms with van der Waals surface area (Å²) in [6, 6.07) is 1.57. The monoisotopic (exact) mass is 180 g/mol. The molecule has 2 bridgehead atoms. The molecule has 2 fully saturated rings. The molecule has 1 heterocycles. The Morgan fingerprint density at radius 3 is 2.85 bits per heavy atom. The molecular weight excluding hydrogens is 160 g/mol. The maximum absolute atomic E-state index is 3.83. The smallest absolute Gasteiger partial charge is 0.0329 e. The lowest BCUT2D eigenvalue weighted by Crippen LogP contribution is -2.43. The van der Waals surface area contributed by atoms with Crippen LogP contribution in [-0.2, 0) is 0 Å². The molecule has 3 atom stereocenters. The van der Waals surface area contributed by atoms with Gasteiger partial charge in [0.05, 0.1) is 0 Å². The summed E-state index contributed by atoms with van der Waals surface area (Å²) in [4.78, 5) is 2.30. The van der Waals surface area contributed by atoms with Crippen LogP contribution in [0.4, 0.5) is 0 Å². The molecule has 2 heteroatoms. The number of rotatable bonds is 4. The number of fused-ring (bicyclic) bond motifs is 2. The predicted octanol–water partition coefficient (Wildman–Crippen LogP) is 1.59. The summed E-state index contributed by atoms with van der Waals surface area (Å²) in [5, 5.41) is 3.70. The van der Waals surface area contributed by atoms with Crippen LogP contribution >= 0.6 is 0 Å². The largest absolute Gasteiger partial charge is 0.377 e. The molecule has 1 saturated carbocycles. The van der Waals surface area contributed by atoms with E-state index >= 15 is 0 Å². The van der Waals surface area contributed by atoms with Crippen molar-refractivity contribution in [3.63, 3.8) is 0 Å². The zero-order chi connectivity index (χ0) is 9.26. The first-order valence-electron chi connectivity index (χ1n) is 5.46. The average molecular weight is 180 g/mol. The summed E-state index contributed by atoms with van der Waals surface area (Å²) < 4.78 is 0. The van der Waals surface area contributed by atoms with Crippen LogP contribution in [0.2, 0.25) is 0 Å². The standard InChI is InChI=1S/C11H20N2/c1-3-13(4-2)8-11-9-5-6-10(7-9)12-11/h3,9-12H,1,4-8H2,2H3/t9-,10+,11-/m1/s1. The van der Waals surface area contributed by atoms with E-state index in [0.717, 1.165) is 31.1 Å². The summed E-state index contributed by atoms with van der Waals surface area (Å²) in [6.07, 6.45) is 6.23. The van der Waals surface area contributed by atoms with Gasteiger partial charge in [-0.25, -0.2) is 0 Å². The molecule has 1 aliphatic carbocycles. The molecule has 0 unspecified atom stereocenters. The molecule has 0 amide bonds. The first-order valence-corrected chi connectivity index (χ1v) is 5.46. The van der Waals surface area contributed by atoms with Gasteiger partial charge in [-0.05, 0) is 38.3 Å². The molecular formula is C11H20N2. The zero-order valence-corrected chi connectivity index (χ0v) is 8.50. The summed E-state index contributed by atoms with van der Waals surface area (Å²) in [5.41, 5.74) is 0. The maximum Gasteiger partial charge on any atom is 0.0329 e. The molecule has 2 aliphatic rings. The topological polar surface area (TPSA) is 15.3 Å². The van der Waals surface area contributed by atoms with Gasteiger partial charge in [-0.1, -0.05) is 6.58 Å². The van der Waals surface area contributed by atoms with Crippen LogP contribution in [0.25, 0.3) is 0 Å². The van der Waals surface area contributed by atoms with Gasteiger partial charge >= 0.3 is 0 Å². The van der Waals surface area contributed by atoms with E-state index in [1.54, 1.807) is 0 Å². The highest BCUT2D eigenvalue weighted by molar-refractivity contribution is 4.98. The fourth-order valence-corrected chi connectivity index (χ4v) is 2.76. The van der Waals surface area contributed by atoms with E-state index in [0.29, 0.717) is 0 Å². The quantitative estimate of drug-likeness (QED) is 0.707. The second kappa shape index (κ2) is 3.70. The number of likely N-dealkylation sites (N-methyl/N-ethyl adjacent to an activating group) is 1. The summed E-state index contributed by atoms with van der Waals surface area (Å²) in [6.45, 7) is 8.26. The van der Waals surface area contributed by atoms with Crippen molar-refractivity contribution in [2.24, 2.45) is 5.92 Å². The lowest BCUT2D eigenvalue weighted by molar-refractivity contribution is 0.283. The third-order valence-corrected chi connectivity index (χ3v) is 3.59. The minimum Gasteiger partial charge on any atom is -0.377 e. The van der Waals surface area contributed by atoms with Gasteiger partial charge in [0.25, 0.3) is 0 Å². The first kappa shape index (κ1) is 9.07. The molecule has 2 nitrogen and oxygen atoms in total. The fourth-order valence-electron chi connectivity index (χ4n) is 2.76. The number of piperidine rings is 1. The van der Waals surface area contributed by atoms with Gasteiger partial charge in [-0.2, -0.15) is 0 Å². The van der Waals surface area contributed by atoms with Crippen molar-refractivity contribution in [2.75, 3.05) is 13.1 Å². The average Bonchev–Trinajstić information content (AvgIpc) is 2.75. The van der Waals surface area contributed by atoms with E-state index < -0.39 is 0 Å². The van der Waals surface area contributed by atoms with Gasteiger partial charge in [0.15, 0.2) is 0 Å². The molecule has 0 aromatic rings. The van der Waals surface area contributed by atoms with Crippen molar-refractivity contribution in [1.29, 1.82) is 0 Å². The third kappa shape index (κ3) is 1.73. The summed E-state index contributed by atoms with van der Waals surface area (Å²) in [7, 11) is 0. The van der Waals surface area contributed by atoms with E-state index in [1.807, 2.05) is 6.20 Å². The molecule has 0 aromatic heterocycles. The van der Waals surface area contributed by atoms with Crippen molar-refractivity contribution < 1.29 is 0 Å². The number of hydrogen-bond acceptors (Lipinski definition) is 2. The van der Waals surface area contributed by atoms with Crippen molar-refractivity contribution in [3.05, 3.63) is 12.8 Å². The van der Waals surface area contributed by atoms with Crippen molar-refractivity contribution in [1.82, 2.24) is 10.2 Å². The van der Waals surface area contributed by atoms with E-state index in [4.69, 9.17) is 0 Å². The van der Waals surface area contributed by atoms with Gasteiger partial charge in [-0.15, -0.1) is 0 Å². The molecule has 0 spiro atoms. The van der Waals surface area contributed by atoms with Crippen LogP contribution in [0.1, 0.15) is 26.2 Å². The fraction of sp³-hybridized carbons (Fsp3) is 0.818. The van der Waals surface area contributed by atoms with Gasteiger partial charge < -0.3 is 10.2 Å². The van der Waals surface area contributed by atoms with Crippen molar-refractivity contribution in [3.8, 4) is 0 Å². The van der Waals surface area contributed by atoms with E-state index in [1.165, 1.54) is 19.3 Å². The van der Waals surface area contributed by atoms with Gasteiger partial charge in [0.2, 0.25) is 0 Å². The predicted molar refractivity (Wildman–Crippen MR) is 55.5 cm³/mol. The van der Waals surface area contributed by atoms with E-state index in [-0.39, 0.29) is 0 Å². The molecule has 1 N–H and O–H groups in total. The molecule has 1 aliphatic heterocycles. The Balaban J connectivity index is 1.85. The van der Waals surface area contributed by atoms with E-state index in [2.05, 4.69) is 23.7 Å². The summed E-state index contributed by atoms with van der Waals surface area (Å²) in [5.74, 6) is 0.944. The van der Waals surface area contributed by atoms with Crippen LogP contribution in [0.3, 0.4) is 0 Å². The Bertz CT molecular complexity index is 191. The van der Waals surface area contributed by atoms with Crippen LogP contribution in [0, 0.1) is 5.92 Å². The Morgan fingerprint density at radius 2 is 2.38 bits per heavy atom. The van der Waals surface area contributed by atoms with Gasteiger partial charge in [0.1, 0.15) is 0 Å². The van der Waals surface area contributed by atoms with E-state index in [9.17, 15) is 0 Å². The summed E-state index contributed by atoms with van der Waals surface area (Å²) >= 11 is 0. The van der Waals surface area contributed by atoms with Crippen LogP contribution in [0.5, 0.6) is 0 Å². The Kier molecular flexibility index (Phi) is 2.58. The Hall–Kier alpha value is -0.500. The highest BCUT2D eigenvalue weighted by Gasteiger charge is 2.39. The first-order chi connectivity index (χ1) is 6.33. The van der Waals surface area contributed by atoms with Crippen LogP contribution < -0.4 is 5.32 Å². The van der Waals surface area contributed by atoms with Crippen LogP contribution in [-0.4, -0.2) is 30.1 Å². The van der Waals surface area contributed by atoms with Gasteiger partial charge in [-0.3, -0.25) is 0 Å². The highest BCUT2D eigenvalue weighted by atomic mass is 15.2. The van der Waals surface area contributed by atoms with Crippen molar-refractivity contribution >= 4 is 0 Å². The SMILES string of the molecule is C=CN(CC)C[C@H]1N[C@H]2CC[C@@H]1C2. The molecule has 0 aromatic carbocycles. The molecule has 13 heavy (non-hydrogen) atoms. The molecule has 2 rings (SSSR count). The number of hydrogen-bond donors (Lipinski definition) is 1. The lowest BCUT2D eigenvalue weighted by Gasteiger charge is -2.28. The molecule has 0 radical (unpaired) electrons. The van der Waals surface area contributed by atoms with Gasteiger partial charge in [0, 0.05) is 25.2 Å². The number of nitrogens with zero attached hydrogens (tertiary/aromatic N) is 1. The third-order valence-electron chi connectivity index (χ3n) is 3.59. The molecule has 1 saturated heterocycles.